The van der Waals surface area contributed by atoms with Crippen LogP contribution in [-0.4, -0.2) is 22.0 Å². The van der Waals surface area contributed by atoms with Gasteiger partial charge in [-0.2, -0.15) is 0 Å². The fourth-order valence-electron chi connectivity index (χ4n) is 1.77. The molecule has 23 heavy (non-hydrogen) atoms. The molecule has 2 amide bonds. The van der Waals surface area contributed by atoms with E-state index >= 15 is 0 Å². The third-order valence-corrected chi connectivity index (χ3v) is 3.86. The lowest BCUT2D eigenvalue weighted by Gasteiger charge is -2.02. The maximum absolute atomic E-state index is 13.1. The van der Waals surface area contributed by atoms with Crippen LogP contribution in [0.4, 0.5) is 10.1 Å². The topological polar surface area (TPSA) is 84.0 Å². The monoisotopic (exact) mass is 336 g/mol. The van der Waals surface area contributed by atoms with Crippen LogP contribution in [0.25, 0.3) is 0 Å². The Bertz CT molecular complexity index is 690. The maximum atomic E-state index is 13.1. The number of hydrogen-bond acceptors (Lipinski definition) is 5. The average molecular weight is 336 g/mol. The lowest BCUT2D eigenvalue weighted by Crippen LogP contribution is -2.22. The first-order valence-electron chi connectivity index (χ1n) is 7.24. The Hall–Kier alpha value is -2.35. The molecule has 0 fully saturated rings. The van der Waals surface area contributed by atoms with Crippen molar-refractivity contribution >= 4 is 28.8 Å². The predicted molar refractivity (Wildman–Crippen MR) is 85.6 cm³/mol. The van der Waals surface area contributed by atoms with Crippen molar-refractivity contribution in [3.63, 3.8) is 0 Å². The standard InChI is InChI=1S/C15H17FN4O2S/c1-2-3-7-12(21)17-9-13-19-20-15(23-13)14(22)18-11-6-4-5-10(16)8-11/h4-6,8H,2-3,7,9H2,1H3,(H,17,21)(H,18,22). The van der Waals surface area contributed by atoms with E-state index in [1.54, 1.807) is 6.07 Å². The van der Waals surface area contributed by atoms with Gasteiger partial charge in [0.25, 0.3) is 5.91 Å². The van der Waals surface area contributed by atoms with Crippen LogP contribution in [0.1, 0.15) is 41.0 Å². The van der Waals surface area contributed by atoms with Crippen LogP contribution in [0.2, 0.25) is 0 Å². The molecule has 8 heteroatoms. The number of unbranched alkanes of at least 4 members (excludes halogenated alkanes) is 1. The van der Waals surface area contributed by atoms with Gasteiger partial charge in [0.1, 0.15) is 10.8 Å². The molecule has 0 saturated carbocycles. The van der Waals surface area contributed by atoms with Gasteiger partial charge in [-0.3, -0.25) is 9.59 Å². The van der Waals surface area contributed by atoms with E-state index in [-0.39, 0.29) is 17.5 Å². The zero-order valence-corrected chi connectivity index (χ0v) is 13.5. The summed E-state index contributed by atoms with van der Waals surface area (Å²) in [5.41, 5.74) is 0.347. The number of carbonyl (C=O) groups is 2. The summed E-state index contributed by atoms with van der Waals surface area (Å²) in [6.45, 7) is 2.26. The van der Waals surface area contributed by atoms with Crippen LogP contribution in [0.5, 0.6) is 0 Å². The van der Waals surface area contributed by atoms with Crippen molar-refractivity contribution in [2.75, 3.05) is 5.32 Å². The molecule has 122 valence electrons. The normalized spacial score (nSPS) is 10.3. The van der Waals surface area contributed by atoms with Gasteiger partial charge in [-0.1, -0.05) is 30.7 Å². The van der Waals surface area contributed by atoms with Gasteiger partial charge in [0.05, 0.1) is 6.54 Å². The van der Waals surface area contributed by atoms with Crippen molar-refractivity contribution in [2.24, 2.45) is 0 Å². The zero-order chi connectivity index (χ0) is 16.7. The highest BCUT2D eigenvalue weighted by Gasteiger charge is 2.13. The van der Waals surface area contributed by atoms with Crippen LogP contribution >= 0.6 is 11.3 Å². The smallest absolute Gasteiger partial charge is 0.286 e. The number of nitrogens with zero attached hydrogens (tertiary/aromatic N) is 2. The molecule has 1 heterocycles. The number of nitrogens with one attached hydrogen (secondary N) is 2. The summed E-state index contributed by atoms with van der Waals surface area (Å²) in [7, 11) is 0. The Balaban J connectivity index is 1.88. The minimum atomic E-state index is -0.461. The Kier molecular flexibility index (Phi) is 6.16. The van der Waals surface area contributed by atoms with Crippen molar-refractivity contribution in [1.29, 1.82) is 0 Å². The summed E-state index contributed by atoms with van der Waals surface area (Å²) in [6.07, 6.45) is 2.27. The van der Waals surface area contributed by atoms with Gasteiger partial charge in [0.2, 0.25) is 10.9 Å². The Morgan fingerprint density at radius 1 is 1.30 bits per heavy atom. The number of hydrogen-bond donors (Lipinski definition) is 2. The summed E-state index contributed by atoms with van der Waals surface area (Å²) in [5, 5.41) is 13.6. The third kappa shape index (κ3) is 5.41. The number of carbonyl (C=O) groups excluding carboxylic acids is 2. The van der Waals surface area contributed by atoms with Gasteiger partial charge in [-0.25, -0.2) is 4.39 Å². The molecule has 0 unspecified atom stereocenters. The molecule has 0 aliphatic rings. The minimum absolute atomic E-state index is 0.0483. The van der Waals surface area contributed by atoms with E-state index in [4.69, 9.17) is 0 Å². The molecule has 2 N–H and O–H groups in total. The van der Waals surface area contributed by atoms with Gasteiger partial charge >= 0.3 is 0 Å². The highest BCUT2D eigenvalue weighted by Crippen LogP contribution is 2.14. The van der Waals surface area contributed by atoms with Crippen molar-refractivity contribution in [3.05, 3.63) is 40.1 Å². The average Bonchev–Trinajstić information content (AvgIpc) is 3.00. The van der Waals surface area contributed by atoms with E-state index in [0.717, 1.165) is 24.2 Å². The first kappa shape index (κ1) is 17.0. The van der Waals surface area contributed by atoms with E-state index in [2.05, 4.69) is 20.8 Å². The molecule has 0 aliphatic carbocycles. The fraction of sp³-hybridized carbons (Fsp3) is 0.333. The molecule has 2 aromatic rings. The van der Waals surface area contributed by atoms with Crippen molar-refractivity contribution in [2.45, 2.75) is 32.7 Å². The second kappa shape index (κ2) is 8.33. The lowest BCUT2D eigenvalue weighted by molar-refractivity contribution is -0.121. The van der Waals surface area contributed by atoms with Crippen LogP contribution < -0.4 is 10.6 Å². The quantitative estimate of drug-likeness (QED) is 0.814. The summed E-state index contributed by atoms with van der Waals surface area (Å²) >= 11 is 1.09. The second-order valence-electron chi connectivity index (χ2n) is 4.85. The van der Waals surface area contributed by atoms with E-state index < -0.39 is 11.7 Å². The molecule has 0 radical (unpaired) electrons. The first-order chi connectivity index (χ1) is 11.1. The Labute approximate surface area is 137 Å². The van der Waals surface area contributed by atoms with E-state index in [9.17, 15) is 14.0 Å². The fourth-order valence-corrected chi connectivity index (χ4v) is 2.44. The van der Waals surface area contributed by atoms with Crippen molar-refractivity contribution in [3.8, 4) is 0 Å². The number of aromatic nitrogens is 2. The van der Waals surface area contributed by atoms with Crippen LogP contribution in [0, 0.1) is 5.82 Å². The number of rotatable bonds is 7. The number of benzene rings is 1. The summed E-state index contributed by atoms with van der Waals surface area (Å²) in [6, 6.07) is 5.59. The molecule has 0 bridgehead atoms. The number of anilines is 1. The Morgan fingerprint density at radius 3 is 2.87 bits per heavy atom. The molecule has 2 rings (SSSR count). The van der Waals surface area contributed by atoms with Crippen LogP contribution in [0.3, 0.4) is 0 Å². The molecule has 1 aromatic heterocycles. The van der Waals surface area contributed by atoms with Crippen molar-refractivity contribution in [1.82, 2.24) is 15.5 Å². The molecule has 1 aromatic carbocycles. The Morgan fingerprint density at radius 2 is 2.13 bits per heavy atom. The first-order valence-corrected chi connectivity index (χ1v) is 8.06. The van der Waals surface area contributed by atoms with Gasteiger partial charge in [-0.15, -0.1) is 10.2 Å². The largest absolute Gasteiger partial charge is 0.350 e. The molecule has 0 aliphatic heterocycles. The van der Waals surface area contributed by atoms with Gasteiger partial charge in [0, 0.05) is 12.1 Å². The van der Waals surface area contributed by atoms with Crippen LogP contribution in [0.15, 0.2) is 24.3 Å². The predicted octanol–water partition coefficient (Wildman–Crippen LogP) is 2.74. The van der Waals surface area contributed by atoms with E-state index in [1.165, 1.54) is 18.2 Å². The lowest BCUT2D eigenvalue weighted by atomic mass is 10.2. The third-order valence-electron chi connectivity index (χ3n) is 2.94. The SMILES string of the molecule is CCCCC(=O)NCc1nnc(C(=O)Nc2cccc(F)c2)s1. The molecule has 0 spiro atoms. The molecular weight excluding hydrogens is 319 g/mol. The highest BCUT2D eigenvalue weighted by molar-refractivity contribution is 7.13. The molecular formula is C15H17FN4O2S. The number of halogens is 1. The van der Waals surface area contributed by atoms with Gasteiger partial charge < -0.3 is 10.6 Å². The van der Waals surface area contributed by atoms with E-state index in [0.29, 0.717) is 17.1 Å². The second-order valence-corrected chi connectivity index (χ2v) is 5.91. The number of amides is 2. The van der Waals surface area contributed by atoms with Crippen LogP contribution in [-0.2, 0) is 11.3 Å². The zero-order valence-electron chi connectivity index (χ0n) is 12.6. The molecule has 0 saturated heterocycles. The van der Waals surface area contributed by atoms with Crippen molar-refractivity contribution < 1.29 is 14.0 Å². The molecule has 6 nitrogen and oxygen atoms in total. The van der Waals surface area contributed by atoms with E-state index in [1.807, 2.05) is 6.92 Å². The van der Waals surface area contributed by atoms with Gasteiger partial charge in [-0.05, 0) is 24.6 Å². The summed E-state index contributed by atoms with van der Waals surface area (Å²) in [5.74, 6) is -0.944. The highest BCUT2D eigenvalue weighted by atomic mass is 32.1. The van der Waals surface area contributed by atoms with Gasteiger partial charge in [0.15, 0.2) is 0 Å². The summed E-state index contributed by atoms with van der Waals surface area (Å²) < 4.78 is 13.1. The maximum Gasteiger partial charge on any atom is 0.286 e. The minimum Gasteiger partial charge on any atom is -0.350 e. The summed E-state index contributed by atoms with van der Waals surface area (Å²) in [4.78, 5) is 23.5. The molecule has 0 atom stereocenters.